The minimum atomic E-state index is -0.681. The fourth-order valence-electron chi connectivity index (χ4n) is 2.09. The fraction of sp³-hybridized carbons (Fsp3) is 0.375. The number of hydrogen-bond donors (Lipinski definition) is 2. The number of carbonyl (C=O) groups excluding carboxylic acids is 2. The molecule has 2 amide bonds. The SMILES string of the molecule is CCOC(=O)NC(C(=O)Nc1ccc(-n2cncn2)cc1)C(C)C. The number of nitrogens with one attached hydrogen (secondary N) is 2. The Hall–Kier alpha value is -2.90. The third kappa shape index (κ3) is 4.55. The largest absolute Gasteiger partial charge is 0.450 e. The highest BCUT2D eigenvalue weighted by atomic mass is 16.5. The molecule has 8 nitrogen and oxygen atoms in total. The van der Waals surface area contributed by atoms with E-state index < -0.39 is 12.1 Å². The Morgan fingerprint density at radius 3 is 2.50 bits per heavy atom. The number of aromatic nitrogens is 3. The predicted molar refractivity (Wildman–Crippen MR) is 88.8 cm³/mol. The van der Waals surface area contributed by atoms with Crippen LogP contribution in [0.1, 0.15) is 20.8 Å². The van der Waals surface area contributed by atoms with E-state index in [2.05, 4.69) is 20.7 Å². The molecular weight excluding hydrogens is 310 g/mol. The van der Waals surface area contributed by atoms with Gasteiger partial charge in [-0.05, 0) is 37.1 Å². The van der Waals surface area contributed by atoms with E-state index in [1.165, 1.54) is 6.33 Å². The number of alkyl carbamates (subject to hydrolysis) is 1. The van der Waals surface area contributed by atoms with Gasteiger partial charge in [0.1, 0.15) is 18.7 Å². The maximum absolute atomic E-state index is 12.4. The van der Waals surface area contributed by atoms with Gasteiger partial charge in [-0.2, -0.15) is 5.10 Å². The van der Waals surface area contributed by atoms with Gasteiger partial charge in [-0.3, -0.25) is 4.79 Å². The van der Waals surface area contributed by atoms with Gasteiger partial charge in [-0.1, -0.05) is 13.8 Å². The number of benzene rings is 1. The lowest BCUT2D eigenvalue weighted by Crippen LogP contribution is -2.47. The van der Waals surface area contributed by atoms with Crippen LogP contribution in [0.2, 0.25) is 0 Å². The number of carbonyl (C=O) groups is 2. The molecule has 0 spiro atoms. The van der Waals surface area contributed by atoms with Crippen LogP contribution in [0.15, 0.2) is 36.9 Å². The molecule has 2 N–H and O–H groups in total. The monoisotopic (exact) mass is 331 g/mol. The molecule has 0 fully saturated rings. The lowest BCUT2D eigenvalue weighted by atomic mass is 10.0. The molecule has 1 unspecified atom stereocenters. The van der Waals surface area contributed by atoms with Gasteiger partial charge >= 0.3 is 6.09 Å². The highest BCUT2D eigenvalue weighted by Crippen LogP contribution is 2.13. The van der Waals surface area contributed by atoms with E-state index in [1.54, 1.807) is 30.1 Å². The Balaban J connectivity index is 2.02. The summed E-state index contributed by atoms with van der Waals surface area (Å²) >= 11 is 0. The summed E-state index contributed by atoms with van der Waals surface area (Å²) in [7, 11) is 0. The molecule has 0 saturated heterocycles. The third-order valence-electron chi connectivity index (χ3n) is 3.32. The lowest BCUT2D eigenvalue weighted by Gasteiger charge is -2.21. The van der Waals surface area contributed by atoms with Crippen LogP contribution in [-0.2, 0) is 9.53 Å². The number of amides is 2. The molecule has 0 saturated carbocycles. The molecule has 0 radical (unpaired) electrons. The maximum Gasteiger partial charge on any atom is 0.407 e. The highest BCUT2D eigenvalue weighted by molar-refractivity contribution is 5.96. The van der Waals surface area contributed by atoms with Gasteiger partial charge in [0, 0.05) is 5.69 Å². The summed E-state index contributed by atoms with van der Waals surface area (Å²) in [6.07, 6.45) is 2.43. The summed E-state index contributed by atoms with van der Waals surface area (Å²) in [5.41, 5.74) is 1.45. The summed E-state index contributed by atoms with van der Waals surface area (Å²) < 4.78 is 6.45. The van der Waals surface area contributed by atoms with Crippen molar-refractivity contribution < 1.29 is 14.3 Å². The molecule has 0 aliphatic carbocycles. The summed E-state index contributed by atoms with van der Waals surface area (Å²) in [6.45, 7) is 5.66. The van der Waals surface area contributed by atoms with Crippen molar-refractivity contribution in [1.82, 2.24) is 20.1 Å². The highest BCUT2D eigenvalue weighted by Gasteiger charge is 2.24. The molecule has 1 aromatic carbocycles. The zero-order valence-electron chi connectivity index (χ0n) is 13.9. The van der Waals surface area contributed by atoms with Crippen LogP contribution in [0.4, 0.5) is 10.5 Å². The molecule has 0 aliphatic heterocycles. The lowest BCUT2D eigenvalue weighted by molar-refractivity contribution is -0.119. The molecule has 2 aromatic rings. The van der Waals surface area contributed by atoms with Gasteiger partial charge in [0.25, 0.3) is 0 Å². The third-order valence-corrected chi connectivity index (χ3v) is 3.32. The van der Waals surface area contributed by atoms with Crippen molar-refractivity contribution in [3.8, 4) is 5.69 Å². The first-order valence-electron chi connectivity index (χ1n) is 7.70. The first-order valence-corrected chi connectivity index (χ1v) is 7.70. The van der Waals surface area contributed by atoms with Crippen molar-refractivity contribution in [3.63, 3.8) is 0 Å². The van der Waals surface area contributed by atoms with Crippen molar-refractivity contribution >= 4 is 17.7 Å². The summed E-state index contributed by atoms with van der Waals surface area (Å²) in [4.78, 5) is 27.8. The second kappa shape index (κ2) is 8.09. The molecule has 2 rings (SSSR count). The molecule has 0 aliphatic rings. The first kappa shape index (κ1) is 17.5. The first-order chi connectivity index (χ1) is 11.5. The van der Waals surface area contributed by atoms with E-state index in [-0.39, 0.29) is 18.4 Å². The second-order valence-corrected chi connectivity index (χ2v) is 5.46. The van der Waals surface area contributed by atoms with Gasteiger partial charge in [0.15, 0.2) is 0 Å². The van der Waals surface area contributed by atoms with Crippen LogP contribution in [0.25, 0.3) is 5.69 Å². The second-order valence-electron chi connectivity index (χ2n) is 5.46. The van der Waals surface area contributed by atoms with Crippen molar-refractivity contribution in [3.05, 3.63) is 36.9 Å². The molecule has 1 atom stereocenters. The molecule has 24 heavy (non-hydrogen) atoms. The number of anilines is 1. The Kier molecular flexibility index (Phi) is 5.89. The van der Waals surface area contributed by atoms with Crippen LogP contribution in [0.3, 0.4) is 0 Å². The van der Waals surface area contributed by atoms with Gasteiger partial charge in [-0.25, -0.2) is 14.5 Å². The zero-order valence-corrected chi connectivity index (χ0v) is 13.9. The average molecular weight is 331 g/mol. The smallest absolute Gasteiger partial charge is 0.407 e. The van der Waals surface area contributed by atoms with Crippen molar-refractivity contribution in [2.24, 2.45) is 5.92 Å². The standard InChI is InChI=1S/C16H21N5O3/c1-4-24-16(23)20-14(11(2)3)15(22)19-12-5-7-13(8-6-12)21-10-17-9-18-21/h5-11,14H,4H2,1-3H3,(H,19,22)(H,20,23). The van der Waals surface area contributed by atoms with E-state index in [1.807, 2.05) is 26.0 Å². The number of ether oxygens (including phenoxy) is 1. The van der Waals surface area contributed by atoms with E-state index >= 15 is 0 Å². The summed E-state index contributed by atoms with van der Waals surface area (Å²) in [6, 6.07) is 6.47. The van der Waals surface area contributed by atoms with Crippen molar-refractivity contribution in [2.75, 3.05) is 11.9 Å². The molecule has 0 bridgehead atoms. The average Bonchev–Trinajstić information content (AvgIpc) is 3.07. The molecule has 128 valence electrons. The Bertz CT molecular complexity index is 668. The van der Waals surface area contributed by atoms with E-state index in [0.29, 0.717) is 5.69 Å². The summed E-state index contributed by atoms with van der Waals surface area (Å²) in [5, 5.41) is 9.40. The van der Waals surface area contributed by atoms with Crippen LogP contribution in [0, 0.1) is 5.92 Å². The van der Waals surface area contributed by atoms with Crippen LogP contribution in [0.5, 0.6) is 0 Å². The van der Waals surface area contributed by atoms with Crippen LogP contribution < -0.4 is 10.6 Å². The number of hydrogen-bond acceptors (Lipinski definition) is 5. The van der Waals surface area contributed by atoms with Crippen molar-refractivity contribution in [2.45, 2.75) is 26.8 Å². The Morgan fingerprint density at radius 1 is 1.25 bits per heavy atom. The normalized spacial score (nSPS) is 11.8. The minimum Gasteiger partial charge on any atom is -0.450 e. The number of rotatable bonds is 6. The quantitative estimate of drug-likeness (QED) is 0.843. The van der Waals surface area contributed by atoms with Gasteiger partial charge < -0.3 is 15.4 Å². The number of nitrogens with zero attached hydrogens (tertiary/aromatic N) is 3. The van der Waals surface area contributed by atoms with E-state index in [4.69, 9.17) is 4.74 Å². The predicted octanol–water partition coefficient (Wildman–Crippen LogP) is 1.98. The topological polar surface area (TPSA) is 98.1 Å². The Morgan fingerprint density at radius 2 is 1.96 bits per heavy atom. The zero-order chi connectivity index (χ0) is 17.5. The minimum absolute atomic E-state index is 0.0798. The Labute approximate surface area is 140 Å². The van der Waals surface area contributed by atoms with Gasteiger partial charge in [0.05, 0.1) is 12.3 Å². The van der Waals surface area contributed by atoms with Crippen LogP contribution in [-0.4, -0.2) is 39.4 Å². The maximum atomic E-state index is 12.4. The molecule has 1 aromatic heterocycles. The molecule has 8 heteroatoms. The fourth-order valence-corrected chi connectivity index (χ4v) is 2.09. The van der Waals surface area contributed by atoms with Crippen molar-refractivity contribution in [1.29, 1.82) is 0 Å². The van der Waals surface area contributed by atoms with Gasteiger partial charge in [-0.15, -0.1) is 0 Å². The van der Waals surface area contributed by atoms with E-state index in [0.717, 1.165) is 5.69 Å². The molecule has 1 heterocycles. The van der Waals surface area contributed by atoms with Gasteiger partial charge in [0.2, 0.25) is 5.91 Å². The van der Waals surface area contributed by atoms with E-state index in [9.17, 15) is 9.59 Å². The summed E-state index contributed by atoms with van der Waals surface area (Å²) in [5.74, 6) is -0.379. The molecular formula is C16H21N5O3. The van der Waals surface area contributed by atoms with Crippen LogP contribution >= 0.6 is 0 Å².